The fourth-order valence-corrected chi connectivity index (χ4v) is 5.40. The molecule has 4 rings (SSSR count). The maximum atomic E-state index is 13.1. The van der Waals surface area contributed by atoms with Gasteiger partial charge in [0.2, 0.25) is 5.91 Å². The lowest BCUT2D eigenvalue weighted by Gasteiger charge is -2.33. The van der Waals surface area contributed by atoms with Crippen molar-refractivity contribution < 1.29 is 24.5 Å². The average Bonchev–Trinajstić information content (AvgIpc) is 3.61. The molecule has 4 atom stereocenters. The quantitative estimate of drug-likeness (QED) is 0.289. The number of nitro benzene ring substituents is 2. The Kier molecular flexibility index (Phi) is 9.02. The zero-order valence-corrected chi connectivity index (χ0v) is 21.1. The first-order valence-corrected chi connectivity index (χ1v) is 13.0. The van der Waals surface area contributed by atoms with Crippen molar-refractivity contribution in [2.45, 2.75) is 82.1 Å². The first kappa shape index (κ1) is 27.6. The summed E-state index contributed by atoms with van der Waals surface area (Å²) in [6.45, 7) is 0.598. The van der Waals surface area contributed by atoms with E-state index in [1.807, 2.05) is 0 Å². The lowest BCUT2D eigenvalue weighted by Crippen LogP contribution is -2.53. The van der Waals surface area contributed by atoms with Gasteiger partial charge >= 0.3 is 0 Å². The van der Waals surface area contributed by atoms with Crippen LogP contribution in [0.3, 0.4) is 0 Å². The summed E-state index contributed by atoms with van der Waals surface area (Å²) in [6, 6.07) is 1.90. The highest BCUT2D eigenvalue weighted by molar-refractivity contribution is 5.82. The highest BCUT2D eigenvalue weighted by Gasteiger charge is 2.34. The first-order chi connectivity index (χ1) is 18.2. The largest absolute Gasteiger partial charge is 0.388 e. The summed E-state index contributed by atoms with van der Waals surface area (Å²) in [4.78, 5) is 38.4. The monoisotopic (exact) mass is 530 g/mol. The van der Waals surface area contributed by atoms with Crippen LogP contribution in [0.1, 0.15) is 57.1 Å². The number of hydrogen-bond donors (Lipinski definition) is 3. The van der Waals surface area contributed by atoms with E-state index in [9.17, 15) is 30.1 Å². The minimum Gasteiger partial charge on any atom is -0.388 e. The number of nitrogens with two attached hydrogens (primary N) is 1. The van der Waals surface area contributed by atoms with Crippen LogP contribution in [-0.4, -0.2) is 61.3 Å². The van der Waals surface area contributed by atoms with Gasteiger partial charge in [-0.05, 0) is 31.2 Å². The van der Waals surface area contributed by atoms with Crippen LogP contribution in [-0.2, 0) is 16.0 Å². The summed E-state index contributed by atoms with van der Waals surface area (Å²) >= 11 is 0. The van der Waals surface area contributed by atoms with E-state index in [2.05, 4.69) is 10.3 Å². The molecule has 1 saturated heterocycles. The molecular weight excluding hydrogens is 496 g/mol. The normalized spacial score (nSPS) is 20.5. The summed E-state index contributed by atoms with van der Waals surface area (Å²) < 4.78 is 7.05. The molecule has 206 valence electrons. The molecular formula is C25H34N6O7. The van der Waals surface area contributed by atoms with E-state index in [0.29, 0.717) is 24.6 Å². The van der Waals surface area contributed by atoms with Crippen LogP contribution in [0.25, 0.3) is 5.69 Å². The van der Waals surface area contributed by atoms with Gasteiger partial charge in [-0.1, -0.05) is 32.1 Å². The molecule has 1 aromatic carbocycles. The zero-order chi connectivity index (χ0) is 27.2. The molecule has 4 N–H and O–H groups in total. The van der Waals surface area contributed by atoms with Crippen LogP contribution >= 0.6 is 0 Å². The molecule has 2 fully saturated rings. The molecule has 0 spiro atoms. The number of carbonyl (C=O) groups excluding carboxylic acids is 1. The number of aromatic nitrogens is 2. The number of aliphatic hydroxyl groups excluding tert-OH is 1. The number of rotatable bonds is 11. The predicted octanol–water partition coefficient (Wildman–Crippen LogP) is 2.55. The third-order valence-corrected chi connectivity index (χ3v) is 7.44. The van der Waals surface area contributed by atoms with Crippen molar-refractivity contribution in [1.29, 1.82) is 0 Å². The van der Waals surface area contributed by atoms with Gasteiger partial charge in [-0.25, -0.2) is 4.98 Å². The van der Waals surface area contributed by atoms with Gasteiger partial charge in [-0.15, -0.1) is 0 Å². The van der Waals surface area contributed by atoms with Gasteiger partial charge in [0.25, 0.3) is 11.4 Å². The molecule has 1 aliphatic carbocycles. The lowest BCUT2D eigenvalue weighted by atomic mass is 9.82. The van der Waals surface area contributed by atoms with Crippen LogP contribution in [0.2, 0.25) is 0 Å². The van der Waals surface area contributed by atoms with Crippen LogP contribution in [0.15, 0.2) is 30.7 Å². The Morgan fingerprint density at radius 2 is 1.95 bits per heavy atom. The maximum absolute atomic E-state index is 13.1. The molecule has 0 bridgehead atoms. The minimum absolute atomic E-state index is 0.0613. The molecule has 1 aromatic heterocycles. The fourth-order valence-electron chi connectivity index (χ4n) is 5.40. The van der Waals surface area contributed by atoms with Gasteiger partial charge in [0.05, 0.1) is 46.1 Å². The topological polar surface area (TPSA) is 189 Å². The number of imidazole rings is 1. The number of amides is 1. The molecule has 1 amide bonds. The number of nitrogens with one attached hydrogen (secondary N) is 1. The third kappa shape index (κ3) is 6.71. The van der Waals surface area contributed by atoms with E-state index < -0.39 is 45.3 Å². The van der Waals surface area contributed by atoms with Crippen LogP contribution < -0.4 is 11.1 Å². The highest BCUT2D eigenvalue weighted by Crippen LogP contribution is 2.30. The van der Waals surface area contributed by atoms with Crippen LogP contribution in [0.5, 0.6) is 0 Å². The van der Waals surface area contributed by atoms with E-state index in [4.69, 9.17) is 10.5 Å². The van der Waals surface area contributed by atoms with Gasteiger partial charge in [-0.3, -0.25) is 29.6 Å². The Morgan fingerprint density at radius 1 is 1.18 bits per heavy atom. The lowest BCUT2D eigenvalue weighted by molar-refractivity contribution is -0.394. The molecule has 0 radical (unpaired) electrons. The molecule has 2 aromatic rings. The summed E-state index contributed by atoms with van der Waals surface area (Å²) in [6.07, 6.45) is 9.71. The number of ether oxygens (including phenoxy) is 1. The summed E-state index contributed by atoms with van der Waals surface area (Å²) in [7, 11) is 0. The number of non-ortho nitro benzene ring substituents is 1. The van der Waals surface area contributed by atoms with Gasteiger partial charge in [0.15, 0.2) is 0 Å². The summed E-state index contributed by atoms with van der Waals surface area (Å²) in [5.74, 6) is 0.00763. The van der Waals surface area contributed by atoms with Crippen molar-refractivity contribution >= 4 is 17.3 Å². The van der Waals surface area contributed by atoms with Gasteiger partial charge in [0, 0.05) is 25.3 Å². The molecule has 1 saturated carbocycles. The average molecular weight is 531 g/mol. The second-order valence-electron chi connectivity index (χ2n) is 10.2. The van der Waals surface area contributed by atoms with Crippen molar-refractivity contribution in [1.82, 2.24) is 14.9 Å². The second-order valence-corrected chi connectivity index (χ2v) is 10.2. The molecule has 1 aliphatic heterocycles. The van der Waals surface area contributed by atoms with Crippen molar-refractivity contribution in [2.75, 3.05) is 6.61 Å². The molecule has 1 unspecified atom stereocenters. The third-order valence-electron chi connectivity index (χ3n) is 7.44. The molecule has 13 nitrogen and oxygen atoms in total. The van der Waals surface area contributed by atoms with Crippen LogP contribution in [0, 0.1) is 26.1 Å². The molecule has 13 heteroatoms. The number of aliphatic hydroxyl groups is 1. The standard InChI is InChI=1S/C25H34N6O7/c26-19(12-17-14-29(15-27-17)21-9-8-18(30(34)35)13-22(21)31(36)37)25(33)28-20(11-16-5-2-1-3-6-16)24(32)23-7-4-10-38-23/h8-9,13-16,19-20,23-24,32H,1-7,10-12,26H2,(H,28,33)/t19?,20-,23-,24+/m0/s1. The van der Waals surface area contributed by atoms with Crippen molar-refractivity contribution in [3.63, 3.8) is 0 Å². The van der Waals surface area contributed by atoms with Crippen molar-refractivity contribution in [3.8, 4) is 5.69 Å². The molecule has 38 heavy (non-hydrogen) atoms. The van der Waals surface area contributed by atoms with E-state index in [0.717, 1.165) is 44.6 Å². The number of carbonyl (C=O) groups is 1. The fraction of sp³-hybridized carbons (Fsp3) is 0.600. The summed E-state index contributed by atoms with van der Waals surface area (Å²) in [5, 5.41) is 36.5. The minimum atomic E-state index is -0.962. The van der Waals surface area contributed by atoms with Gasteiger partial charge in [0.1, 0.15) is 11.8 Å². The van der Waals surface area contributed by atoms with Crippen molar-refractivity contribution in [3.05, 3.63) is 56.6 Å². The van der Waals surface area contributed by atoms with Crippen LogP contribution in [0.4, 0.5) is 11.4 Å². The van der Waals surface area contributed by atoms with E-state index in [-0.39, 0.29) is 18.2 Å². The Hall–Kier alpha value is -3.42. The van der Waals surface area contributed by atoms with Gasteiger partial charge < -0.3 is 20.9 Å². The number of benzene rings is 1. The Morgan fingerprint density at radius 3 is 2.61 bits per heavy atom. The number of nitro groups is 2. The number of hydrogen-bond acceptors (Lipinski definition) is 9. The van der Waals surface area contributed by atoms with E-state index in [1.54, 1.807) is 0 Å². The predicted molar refractivity (Wildman–Crippen MR) is 137 cm³/mol. The Labute approximate surface area is 219 Å². The zero-order valence-electron chi connectivity index (χ0n) is 21.1. The highest BCUT2D eigenvalue weighted by atomic mass is 16.6. The van der Waals surface area contributed by atoms with E-state index >= 15 is 0 Å². The Balaban J connectivity index is 1.43. The first-order valence-electron chi connectivity index (χ1n) is 13.0. The Bertz CT molecular complexity index is 1140. The molecule has 2 aliphatic rings. The maximum Gasteiger partial charge on any atom is 0.300 e. The number of nitrogens with zero attached hydrogens (tertiary/aromatic N) is 4. The van der Waals surface area contributed by atoms with E-state index in [1.165, 1.54) is 35.6 Å². The molecule has 2 heterocycles. The second kappa shape index (κ2) is 12.4. The SMILES string of the molecule is NC(Cc1cn(-c2ccc([N+](=O)[O-])cc2[N+](=O)[O-])cn1)C(=O)N[C@@H](CC1CCCCC1)[C@@H](O)[C@@H]1CCCO1. The smallest absolute Gasteiger partial charge is 0.300 e. The van der Waals surface area contributed by atoms with Gasteiger partial charge in [-0.2, -0.15) is 0 Å². The summed E-state index contributed by atoms with van der Waals surface area (Å²) in [5.41, 5.74) is 5.89. The van der Waals surface area contributed by atoms with Crippen molar-refractivity contribution in [2.24, 2.45) is 11.7 Å².